The number of ether oxygens (including phenoxy) is 1. The number of hydrogen-bond acceptors (Lipinski definition) is 6. The number of esters is 1. The number of nitrogens with one attached hydrogen (secondary N) is 1. The van der Waals surface area contributed by atoms with Gasteiger partial charge < -0.3 is 14.6 Å². The molecule has 2 aromatic rings. The van der Waals surface area contributed by atoms with Gasteiger partial charge in [-0.15, -0.1) is 0 Å². The summed E-state index contributed by atoms with van der Waals surface area (Å²) in [5.41, 5.74) is -0.0340. The van der Waals surface area contributed by atoms with Gasteiger partial charge in [0, 0.05) is 37.3 Å². The van der Waals surface area contributed by atoms with Crippen molar-refractivity contribution in [3.05, 3.63) is 41.6 Å². The third kappa shape index (κ3) is 4.82. The van der Waals surface area contributed by atoms with Gasteiger partial charge in [0.2, 0.25) is 0 Å². The highest BCUT2D eigenvalue weighted by molar-refractivity contribution is 5.93. The van der Waals surface area contributed by atoms with Crippen LogP contribution >= 0.6 is 0 Å². The Morgan fingerprint density at radius 1 is 1.16 bits per heavy atom. The van der Waals surface area contributed by atoms with Gasteiger partial charge in [0.1, 0.15) is 11.6 Å². The smallest absolute Gasteiger partial charge is 0.312 e. The number of hydrogen-bond donors (Lipinski definition) is 1. The summed E-state index contributed by atoms with van der Waals surface area (Å²) < 4.78 is 37.3. The molecule has 2 fully saturated rings. The monoisotopic (exact) mass is 447 g/mol. The molecule has 1 aliphatic carbocycles. The highest BCUT2D eigenvalue weighted by atomic mass is 19.1. The molecule has 1 aliphatic heterocycles. The molecule has 1 saturated heterocycles. The van der Waals surface area contributed by atoms with Crippen LogP contribution in [0.25, 0.3) is 11.3 Å². The predicted octanol–water partition coefficient (Wildman–Crippen LogP) is 3.55. The lowest BCUT2D eigenvalue weighted by atomic mass is 9.87. The van der Waals surface area contributed by atoms with Gasteiger partial charge in [0.05, 0.1) is 18.6 Å². The Hall–Kier alpha value is -2.81. The summed E-state index contributed by atoms with van der Waals surface area (Å²) in [6.07, 6.45) is 6.53. The summed E-state index contributed by atoms with van der Waals surface area (Å²) in [4.78, 5) is 27.6. The van der Waals surface area contributed by atoms with E-state index in [2.05, 4.69) is 15.4 Å². The molecular weight excluding hydrogens is 420 g/mol. The van der Waals surface area contributed by atoms with Crippen LogP contribution in [0.3, 0.4) is 0 Å². The first-order chi connectivity index (χ1) is 15.5. The van der Waals surface area contributed by atoms with Gasteiger partial charge in [-0.3, -0.25) is 14.5 Å². The summed E-state index contributed by atoms with van der Waals surface area (Å²) in [6, 6.07) is 4.42. The molecule has 0 radical (unpaired) electrons. The number of benzene rings is 1. The molecule has 1 amide bonds. The fourth-order valence-corrected chi connectivity index (χ4v) is 4.76. The van der Waals surface area contributed by atoms with E-state index in [1.165, 1.54) is 38.5 Å². The van der Waals surface area contributed by atoms with Gasteiger partial charge in [0.15, 0.2) is 11.5 Å². The fraction of sp³-hybridized carbons (Fsp3) is 0.522. The van der Waals surface area contributed by atoms with E-state index in [1.54, 1.807) is 0 Å². The van der Waals surface area contributed by atoms with Gasteiger partial charge in [-0.05, 0) is 31.4 Å². The summed E-state index contributed by atoms with van der Waals surface area (Å²) in [7, 11) is 1.35. The quantitative estimate of drug-likeness (QED) is 0.706. The Morgan fingerprint density at radius 2 is 1.94 bits per heavy atom. The molecule has 0 bridgehead atoms. The topological polar surface area (TPSA) is 84.7 Å². The molecule has 32 heavy (non-hydrogen) atoms. The second-order valence-electron chi connectivity index (χ2n) is 8.49. The lowest BCUT2D eigenvalue weighted by Crippen LogP contribution is -2.56. The normalized spacial score (nSPS) is 22.5. The standard InChI is InChI=1S/C23H27F2N3O4/c1-31-23(30)17-13-28(15-5-3-2-4-6-15)10-9-19(17)26-22(29)20-12-21(32-27-20)16-8-7-14(24)11-18(16)25/h7-8,11-12,15,17,19H,2-6,9-10,13H2,1H3,(H,26,29)/t17-,19-/m0/s1. The van der Waals surface area contributed by atoms with E-state index in [1.807, 2.05) is 0 Å². The zero-order valence-electron chi connectivity index (χ0n) is 18.0. The van der Waals surface area contributed by atoms with Crippen LogP contribution in [0.1, 0.15) is 49.0 Å². The van der Waals surface area contributed by atoms with Crippen molar-refractivity contribution in [1.82, 2.24) is 15.4 Å². The van der Waals surface area contributed by atoms with Crippen molar-refractivity contribution in [2.45, 2.75) is 50.6 Å². The van der Waals surface area contributed by atoms with Gasteiger partial charge in [-0.2, -0.15) is 0 Å². The van der Waals surface area contributed by atoms with Crippen molar-refractivity contribution in [3.63, 3.8) is 0 Å². The number of aromatic nitrogens is 1. The summed E-state index contributed by atoms with van der Waals surface area (Å²) in [6.45, 7) is 1.32. The highest BCUT2D eigenvalue weighted by Crippen LogP contribution is 2.29. The van der Waals surface area contributed by atoms with E-state index in [4.69, 9.17) is 9.26 Å². The van der Waals surface area contributed by atoms with Crippen molar-refractivity contribution in [1.29, 1.82) is 0 Å². The minimum absolute atomic E-state index is 0.00572. The number of halogens is 2. The number of rotatable bonds is 5. The van der Waals surface area contributed by atoms with Crippen LogP contribution in [0.15, 0.2) is 28.8 Å². The van der Waals surface area contributed by atoms with Crippen LogP contribution < -0.4 is 5.32 Å². The average Bonchev–Trinajstić information content (AvgIpc) is 3.29. The first-order valence-corrected chi connectivity index (χ1v) is 11.0. The Labute approximate surface area is 185 Å². The number of methoxy groups -OCH3 is 1. The molecule has 2 atom stereocenters. The number of likely N-dealkylation sites (tertiary alicyclic amines) is 1. The lowest BCUT2D eigenvalue weighted by Gasteiger charge is -2.42. The molecule has 1 aromatic heterocycles. The van der Waals surface area contributed by atoms with Crippen LogP contribution in [0, 0.1) is 17.6 Å². The van der Waals surface area contributed by atoms with Crippen LogP contribution in [-0.2, 0) is 9.53 Å². The van der Waals surface area contributed by atoms with Crippen LogP contribution in [0.2, 0.25) is 0 Å². The Bertz CT molecular complexity index is 974. The number of carbonyl (C=O) groups excluding carboxylic acids is 2. The summed E-state index contributed by atoms with van der Waals surface area (Å²) in [5, 5.41) is 6.60. The molecule has 0 spiro atoms. The molecule has 1 N–H and O–H groups in total. The fourth-order valence-electron chi connectivity index (χ4n) is 4.76. The second kappa shape index (κ2) is 9.77. The first kappa shape index (κ1) is 22.4. The van der Waals surface area contributed by atoms with E-state index in [0.717, 1.165) is 31.5 Å². The van der Waals surface area contributed by atoms with Gasteiger partial charge in [0.25, 0.3) is 5.91 Å². The van der Waals surface area contributed by atoms with Crippen molar-refractivity contribution in [2.75, 3.05) is 20.2 Å². The summed E-state index contributed by atoms with van der Waals surface area (Å²) >= 11 is 0. The molecular formula is C23H27F2N3O4. The molecule has 9 heteroatoms. The Kier molecular flexibility index (Phi) is 6.83. The highest BCUT2D eigenvalue weighted by Gasteiger charge is 2.38. The molecule has 2 aliphatic rings. The number of piperidine rings is 1. The molecule has 172 valence electrons. The SMILES string of the molecule is COC(=O)[C@H]1CN(C2CCCCC2)CC[C@@H]1NC(=O)c1cc(-c2ccc(F)cc2F)on1. The first-order valence-electron chi connectivity index (χ1n) is 11.0. The number of carbonyl (C=O) groups is 2. The van der Waals surface area contributed by atoms with Gasteiger partial charge in [-0.1, -0.05) is 24.4 Å². The Morgan fingerprint density at radius 3 is 2.66 bits per heavy atom. The molecule has 7 nitrogen and oxygen atoms in total. The molecule has 4 rings (SSSR count). The minimum atomic E-state index is -0.811. The Balaban J connectivity index is 1.44. The van der Waals surface area contributed by atoms with Gasteiger partial charge >= 0.3 is 5.97 Å². The molecule has 1 saturated carbocycles. The largest absolute Gasteiger partial charge is 0.469 e. The van der Waals surface area contributed by atoms with E-state index in [0.29, 0.717) is 19.0 Å². The van der Waals surface area contributed by atoms with E-state index in [9.17, 15) is 18.4 Å². The molecule has 1 aromatic carbocycles. The summed E-state index contributed by atoms with van der Waals surface area (Å²) in [5.74, 6) is -2.87. The zero-order valence-corrected chi connectivity index (χ0v) is 18.0. The van der Waals surface area contributed by atoms with Crippen molar-refractivity contribution in [2.24, 2.45) is 5.92 Å². The van der Waals surface area contributed by atoms with Crippen LogP contribution in [0.5, 0.6) is 0 Å². The van der Waals surface area contributed by atoms with Crippen LogP contribution in [-0.4, -0.2) is 54.2 Å². The van der Waals surface area contributed by atoms with Crippen molar-refractivity contribution < 1.29 is 27.6 Å². The maximum Gasteiger partial charge on any atom is 0.312 e. The van der Waals surface area contributed by atoms with Gasteiger partial charge in [-0.25, -0.2) is 8.78 Å². The minimum Gasteiger partial charge on any atom is -0.469 e. The van der Waals surface area contributed by atoms with Crippen molar-refractivity contribution in [3.8, 4) is 11.3 Å². The number of nitrogens with zero attached hydrogens (tertiary/aromatic N) is 2. The third-order valence-corrected chi connectivity index (χ3v) is 6.50. The lowest BCUT2D eigenvalue weighted by molar-refractivity contribution is -0.148. The van der Waals surface area contributed by atoms with E-state index >= 15 is 0 Å². The van der Waals surface area contributed by atoms with Crippen molar-refractivity contribution >= 4 is 11.9 Å². The predicted molar refractivity (Wildman–Crippen MR) is 112 cm³/mol. The van der Waals surface area contributed by atoms with E-state index in [-0.39, 0.29) is 23.0 Å². The molecule has 0 unspecified atom stereocenters. The van der Waals surface area contributed by atoms with E-state index < -0.39 is 29.5 Å². The maximum absolute atomic E-state index is 14.0. The average molecular weight is 447 g/mol. The zero-order chi connectivity index (χ0) is 22.7. The number of amides is 1. The van der Waals surface area contributed by atoms with Crippen LogP contribution in [0.4, 0.5) is 8.78 Å². The third-order valence-electron chi connectivity index (χ3n) is 6.50. The molecule has 2 heterocycles. The second-order valence-corrected chi connectivity index (χ2v) is 8.49. The maximum atomic E-state index is 14.0.